The zero-order valence-corrected chi connectivity index (χ0v) is 11.3. The zero-order chi connectivity index (χ0) is 12.0. The van der Waals surface area contributed by atoms with Crippen LogP contribution in [0.2, 0.25) is 0 Å². The molecule has 0 aliphatic carbocycles. The van der Waals surface area contributed by atoms with E-state index in [4.69, 9.17) is 5.11 Å². The van der Waals surface area contributed by atoms with Crippen LogP contribution in [-0.4, -0.2) is 18.3 Å². The van der Waals surface area contributed by atoms with E-state index in [0.29, 0.717) is 18.6 Å². The van der Waals surface area contributed by atoms with E-state index in [1.165, 1.54) is 10.4 Å². The molecule has 1 rings (SSSR count). The normalized spacial score (nSPS) is 15.0. The number of rotatable bonds is 7. The molecule has 1 aromatic heterocycles. The molecule has 0 bridgehead atoms. The number of aliphatic hydroxyl groups is 1. The summed E-state index contributed by atoms with van der Waals surface area (Å²) in [5.41, 5.74) is 1.38. The lowest BCUT2D eigenvalue weighted by molar-refractivity contribution is 0.249. The summed E-state index contributed by atoms with van der Waals surface area (Å²) in [6.45, 7) is 7.85. The van der Waals surface area contributed by atoms with Gasteiger partial charge in [0.05, 0.1) is 0 Å². The highest BCUT2D eigenvalue weighted by Gasteiger charge is 2.11. The minimum atomic E-state index is 0.298. The molecule has 0 saturated carbocycles. The van der Waals surface area contributed by atoms with Crippen LogP contribution in [-0.2, 0) is 0 Å². The number of nitrogens with one attached hydrogen (secondary N) is 1. The van der Waals surface area contributed by atoms with E-state index >= 15 is 0 Å². The maximum Gasteiger partial charge on any atom is 0.0434 e. The summed E-state index contributed by atoms with van der Waals surface area (Å²) in [6, 6.07) is 2.59. The number of hydrogen-bond donors (Lipinski definition) is 2. The van der Waals surface area contributed by atoms with Crippen LogP contribution in [0.3, 0.4) is 0 Å². The van der Waals surface area contributed by atoms with Gasteiger partial charge >= 0.3 is 0 Å². The van der Waals surface area contributed by atoms with E-state index in [1.807, 2.05) is 11.3 Å². The summed E-state index contributed by atoms with van der Waals surface area (Å²) < 4.78 is 0. The fourth-order valence-electron chi connectivity index (χ4n) is 1.90. The molecule has 0 fully saturated rings. The molecule has 0 radical (unpaired) electrons. The summed E-state index contributed by atoms with van der Waals surface area (Å²) in [6.07, 6.45) is 2.03. The van der Waals surface area contributed by atoms with Gasteiger partial charge in [-0.05, 0) is 49.7 Å². The first kappa shape index (κ1) is 13.7. The maximum absolute atomic E-state index is 8.94. The first-order valence-corrected chi connectivity index (χ1v) is 6.95. The second-order valence-corrected chi connectivity index (χ2v) is 5.33. The van der Waals surface area contributed by atoms with Crippen molar-refractivity contribution in [2.45, 2.75) is 39.7 Å². The van der Waals surface area contributed by atoms with Gasteiger partial charge in [-0.3, -0.25) is 0 Å². The van der Waals surface area contributed by atoms with Crippen molar-refractivity contribution in [2.24, 2.45) is 5.92 Å². The van der Waals surface area contributed by atoms with Crippen LogP contribution in [0.4, 0.5) is 0 Å². The highest BCUT2D eigenvalue weighted by atomic mass is 32.1. The Morgan fingerprint density at radius 2 is 2.25 bits per heavy atom. The van der Waals surface area contributed by atoms with Crippen LogP contribution in [0, 0.1) is 12.8 Å². The largest absolute Gasteiger partial charge is 0.396 e. The number of aryl methyl sites for hydroxylation is 1. The third kappa shape index (κ3) is 3.89. The highest BCUT2D eigenvalue weighted by Crippen LogP contribution is 2.23. The third-order valence-corrected chi connectivity index (χ3v) is 4.32. The molecule has 0 aliphatic rings. The summed E-state index contributed by atoms with van der Waals surface area (Å²) in [5, 5.41) is 14.6. The van der Waals surface area contributed by atoms with Gasteiger partial charge < -0.3 is 10.4 Å². The van der Waals surface area contributed by atoms with Gasteiger partial charge in [-0.15, -0.1) is 11.3 Å². The average Bonchev–Trinajstić information content (AvgIpc) is 2.70. The molecule has 2 atom stereocenters. The maximum atomic E-state index is 8.94. The van der Waals surface area contributed by atoms with Gasteiger partial charge in [0, 0.05) is 17.5 Å². The lowest BCUT2D eigenvalue weighted by atomic mass is 10.0. The van der Waals surface area contributed by atoms with Crippen LogP contribution in [0.5, 0.6) is 0 Å². The molecule has 0 aromatic carbocycles. The van der Waals surface area contributed by atoms with Gasteiger partial charge in [-0.2, -0.15) is 0 Å². The van der Waals surface area contributed by atoms with Crippen LogP contribution in [0.1, 0.15) is 43.2 Å². The summed E-state index contributed by atoms with van der Waals surface area (Å²) in [5.74, 6) is 0.590. The monoisotopic (exact) mass is 241 g/mol. The molecule has 0 amide bonds. The van der Waals surface area contributed by atoms with E-state index in [0.717, 1.165) is 19.4 Å². The highest BCUT2D eigenvalue weighted by molar-refractivity contribution is 7.10. The summed E-state index contributed by atoms with van der Waals surface area (Å²) in [7, 11) is 0. The number of aliphatic hydroxyl groups excluding tert-OH is 1. The quantitative estimate of drug-likeness (QED) is 0.769. The molecule has 1 aromatic rings. The lowest BCUT2D eigenvalue weighted by Gasteiger charge is -2.19. The van der Waals surface area contributed by atoms with Crippen LogP contribution in [0.25, 0.3) is 0 Å². The predicted molar refractivity (Wildman–Crippen MR) is 71.0 cm³/mol. The zero-order valence-electron chi connectivity index (χ0n) is 10.5. The minimum Gasteiger partial charge on any atom is -0.396 e. The minimum absolute atomic E-state index is 0.298. The number of hydrogen-bond acceptors (Lipinski definition) is 3. The molecule has 2 N–H and O–H groups in total. The Morgan fingerprint density at radius 1 is 1.50 bits per heavy atom. The van der Waals surface area contributed by atoms with Crippen molar-refractivity contribution in [3.8, 4) is 0 Å². The van der Waals surface area contributed by atoms with E-state index in [1.54, 1.807) is 0 Å². The van der Waals surface area contributed by atoms with Crippen molar-refractivity contribution >= 4 is 11.3 Å². The van der Waals surface area contributed by atoms with Gasteiger partial charge in [0.2, 0.25) is 0 Å². The van der Waals surface area contributed by atoms with Crippen molar-refractivity contribution < 1.29 is 5.11 Å². The smallest absolute Gasteiger partial charge is 0.0434 e. The predicted octanol–water partition coefficient (Wildman–Crippen LogP) is 3.12. The molecule has 0 spiro atoms. The fraction of sp³-hybridized carbons (Fsp3) is 0.692. The second-order valence-electron chi connectivity index (χ2n) is 4.38. The molecule has 92 valence electrons. The number of thiophene rings is 1. The Morgan fingerprint density at radius 3 is 2.75 bits per heavy atom. The summed E-state index contributed by atoms with van der Waals surface area (Å²) >= 11 is 1.82. The SMILES string of the molecule is CCC(CCO)CNC(C)c1sccc1C. The first-order chi connectivity index (χ1) is 7.69. The Bertz CT molecular complexity index is 298. The van der Waals surface area contributed by atoms with Crippen molar-refractivity contribution in [1.82, 2.24) is 5.32 Å². The third-order valence-electron chi connectivity index (χ3n) is 3.12. The van der Waals surface area contributed by atoms with Gasteiger partial charge in [0.15, 0.2) is 0 Å². The van der Waals surface area contributed by atoms with E-state index in [2.05, 4.69) is 37.5 Å². The Kier molecular flexibility index (Phi) is 6.03. The standard InChI is InChI=1S/C13H23NOS/c1-4-12(5-7-15)9-14-11(3)13-10(2)6-8-16-13/h6,8,11-12,14-15H,4-5,7,9H2,1-3H3. The molecular formula is C13H23NOS. The van der Waals surface area contributed by atoms with Crippen LogP contribution >= 0.6 is 11.3 Å². The van der Waals surface area contributed by atoms with Gasteiger partial charge in [-0.1, -0.05) is 13.3 Å². The molecule has 2 unspecified atom stereocenters. The molecule has 2 nitrogen and oxygen atoms in total. The van der Waals surface area contributed by atoms with Crippen molar-refractivity contribution in [3.05, 3.63) is 21.9 Å². The topological polar surface area (TPSA) is 32.3 Å². The second kappa shape index (κ2) is 7.05. The van der Waals surface area contributed by atoms with Gasteiger partial charge in [0.25, 0.3) is 0 Å². The van der Waals surface area contributed by atoms with E-state index < -0.39 is 0 Å². The molecular weight excluding hydrogens is 218 g/mol. The molecule has 16 heavy (non-hydrogen) atoms. The first-order valence-electron chi connectivity index (χ1n) is 6.07. The summed E-state index contributed by atoms with van der Waals surface area (Å²) in [4.78, 5) is 1.43. The van der Waals surface area contributed by atoms with E-state index in [9.17, 15) is 0 Å². The molecule has 1 heterocycles. The Hall–Kier alpha value is -0.380. The molecule has 0 saturated heterocycles. The fourth-order valence-corrected chi connectivity index (χ4v) is 2.86. The van der Waals surface area contributed by atoms with Crippen molar-refractivity contribution in [2.75, 3.05) is 13.2 Å². The van der Waals surface area contributed by atoms with Gasteiger partial charge in [0.1, 0.15) is 0 Å². The van der Waals surface area contributed by atoms with Crippen LogP contribution in [0.15, 0.2) is 11.4 Å². The lowest BCUT2D eigenvalue weighted by Crippen LogP contribution is -2.26. The molecule has 0 aliphatic heterocycles. The van der Waals surface area contributed by atoms with E-state index in [-0.39, 0.29) is 0 Å². The van der Waals surface area contributed by atoms with Crippen molar-refractivity contribution in [3.63, 3.8) is 0 Å². The van der Waals surface area contributed by atoms with Crippen LogP contribution < -0.4 is 5.32 Å². The average molecular weight is 241 g/mol. The van der Waals surface area contributed by atoms with Gasteiger partial charge in [-0.25, -0.2) is 0 Å². The Balaban J connectivity index is 2.40. The van der Waals surface area contributed by atoms with Crippen molar-refractivity contribution in [1.29, 1.82) is 0 Å². The molecule has 3 heteroatoms. The Labute approximate surface area is 103 Å².